The fraction of sp³-hybridized carbons (Fsp3) is 0.667. The molecule has 4 rings (SSSR count). The van der Waals surface area contributed by atoms with Crippen LogP contribution in [0.1, 0.15) is 69.2 Å². The molecule has 0 aromatic rings. The van der Waals surface area contributed by atoms with Gasteiger partial charge in [0.25, 0.3) is 0 Å². The first-order valence-electron chi connectivity index (χ1n) is 13.2. The van der Waals surface area contributed by atoms with E-state index in [1.807, 2.05) is 13.8 Å². The molecule has 0 saturated carbocycles. The van der Waals surface area contributed by atoms with E-state index in [-0.39, 0.29) is 72.5 Å². The quantitative estimate of drug-likeness (QED) is 0.258. The van der Waals surface area contributed by atoms with Crippen LogP contribution >= 0.6 is 23.5 Å². The van der Waals surface area contributed by atoms with E-state index in [1.165, 1.54) is 9.80 Å². The Hall–Kier alpha value is -1.94. The van der Waals surface area contributed by atoms with Gasteiger partial charge in [-0.3, -0.25) is 19.4 Å². The number of thioether (sulfide) groups is 2. The average molecular weight is 597 g/mol. The van der Waals surface area contributed by atoms with Crippen molar-refractivity contribution in [3.63, 3.8) is 0 Å². The fourth-order valence-corrected chi connectivity index (χ4v) is 8.56. The van der Waals surface area contributed by atoms with Gasteiger partial charge in [0.1, 0.15) is 11.4 Å². The van der Waals surface area contributed by atoms with E-state index in [4.69, 9.17) is 0 Å². The molecule has 6 atom stereocenters. The summed E-state index contributed by atoms with van der Waals surface area (Å²) >= 11 is 3.34. The van der Waals surface area contributed by atoms with Crippen molar-refractivity contribution < 1.29 is 29.4 Å². The summed E-state index contributed by atoms with van der Waals surface area (Å²) in [5.41, 5.74) is 1.89. The van der Waals surface area contributed by atoms with Crippen molar-refractivity contribution in [1.29, 1.82) is 0 Å². The predicted octanol–water partition coefficient (Wildman–Crippen LogP) is 6.02. The number of fused-ring (bicyclic) bond motifs is 2. The van der Waals surface area contributed by atoms with E-state index < -0.39 is 11.9 Å². The molecule has 2 saturated heterocycles. The van der Waals surface area contributed by atoms with Crippen LogP contribution < -0.4 is 0 Å². The van der Waals surface area contributed by atoms with E-state index in [2.05, 4.69) is 41.5 Å². The van der Waals surface area contributed by atoms with Crippen molar-refractivity contribution in [2.45, 2.75) is 80.0 Å². The lowest BCUT2D eigenvalue weighted by molar-refractivity contribution is -0.153. The zero-order valence-electron chi connectivity index (χ0n) is 23.1. The second-order valence-corrected chi connectivity index (χ2v) is 13.7. The fourth-order valence-electron chi connectivity index (χ4n) is 5.38. The Morgan fingerprint density at radius 3 is 1.27 bits per heavy atom. The first kappa shape index (κ1) is 36.1. The van der Waals surface area contributed by atoms with Gasteiger partial charge in [-0.2, -0.15) is 0 Å². The Labute approximate surface area is 249 Å². The summed E-state index contributed by atoms with van der Waals surface area (Å²) in [6.07, 6.45) is 1.66. The van der Waals surface area contributed by atoms with Gasteiger partial charge in [-0.15, -0.1) is 35.4 Å². The number of amides is 2. The van der Waals surface area contributed by atoms with E-state index in [9.17, 15) is 29.4 Å². The molecule has 8 nitrogen and oxygen atoms in total. The highest BCUT2D eigenvalue weighted by Gasteiger charge is 2.54. The molecule has 4 aliphatic rings. The van der Waals surface area contributed by atoms with E-state index in [0.717, 1.165) is 24.0 Å². The van der Waals surface area contributed by atoms with Gasteiger partial charge in [0, 0.05) is 11.5 Å². The van der Waals surface area contributed by atoms with E-state index >= 15 is 0 Å². The highest BCUT2D eigenvalue weighted by Crippen LogP contribution is 2.48. The number of carboxylic acid groups (broad SMARTS) is 2. The minimum absolute atomic E-state index is 0. The zero-order valence-corrected chi connectivity index (χ0v) is 24.7. The summed E-state index contributed by atoms with van der Waals surface area (Å²) in [6, 6.07) is 0. The van der Waals surface area contributed by atoms with Crippen LogP contribution in [0.15, 0.2) is 22.5 Å². The number of carboxylic acids is 2. The molecule has 2 unspecified atom stereocenters. The van der Waals surface area contributed by atoms with Crippen LogP contribution in [-0.4, -0.2) is 66.0 Å². The average Bonchev–Trinajstić information content (AvgIpc) is 2.83. The van der Waals surface area contributed by atoms with Gasteiger partial charge >= 0.3 is 11.9 Å². The maximum absolute atomic E-state index is 12.2. The predicted molar refractivity (Wildman–Crippen MR) is 164 cm³/mol. The number of hydrogen-bond acceptors (Lipinski definition) is 6. The molecule has 4 heterocycles. The third kappa shape index (κ3) is 6.92. The smallest absolute Gasteiger partial charge is 0.352 e. The molecule has 2 fully saturated rings. The third-order valence-electron chi connectivity index (χ3n) is 7.26. The summed E-state index contributed by atoms with van der Waals surface area (Å²) in [7, 11) is 0. The first-order valence-corrected chi connectivity index (χ1v) is 15.3. The molecule has 228 valence electrons. The van der Waals surface area contributed by atoms with Crippen LogP contribution in [0.3, 0.4) is 0 Å². The van der Waals surface area contributed by atoms with Gasteiger partial charge in [-0.05, 0) is 24.7 Å². The molecular formula is C30H48N2O6S2-2. The van der Waals surface area contributed by atoms with Crippen molar-refractivity contribution in [3.05, 3.63) is 36.4 Å². The van der Waals surface area contributed by atoms with Gasteiger partial charge < -0.3 is 24.1 Å². The number of carbonyl (C=O) groups is 4. The van der Waals surface area contributed by atoms with Gasteiger partial charge in [0.15, 0.2) is 0 Å². The van der Waals surface area contributed by atoms with Crippen molar-refractivity contribution in [3.8, 4) is 0 Å². The maximum Gasteiger partial charge on any atom is 0.352 e. The summed E-state index contributed by atoms with van der Waals surface area (Å²) in [5, 5.41) is 18.8. The number of β-lactam (4-membered cyclic amide) rings is 2. The van der Waals surface area contributed by atoms with Gasteiger partial charge in [0.05, 0.1) is 22.6 Å². The molecule has 10 heteroatoms. The lowest BCUT2D eigenvalue weighted by Gasteiger charge is -2.51. The number of hydrogen-bond donors (Lipinski definition) is 2. The van der Waals surface area contributed by atoms with Crippen LogP contribution in [0, 0.1) is 49.4 Å². The van der Waals surface area contributed by atoms with Crippen LogP contribution in [0.4, 0.5) is 0 Å². The summed E-state index contributed by atoms with van der Waals surface area (Å²) in [4.78, 5) is 50.3. The molecule has 0 aromatic carbocycles. The third-order valence-corrected chi connectivity index (χ3v) is 9.98. The monoisotopic (exact) mass is 596 g/mol. The summed E-state index contributed by atoms with van der Waals surface area (Å²) < 4.78 is 0. The van der Waals surface area contributed by atoms with Crippen LogP contribution in [0.25, 0.3) is 0 Å². The van der Waals surface area contributed by atoms with Crippen LogP contribution in [0.5, 0.6) is 0 Å². The lowest BCUT2D eigenvalue weighted by Crippen LogP contribution is -2.61. The molecule has 2 amide bonds. The van der Waals surface area contributed by atoms with Crippen molar-refractivity contribution >= 4 is 47.3 Å². The van der Waals surface area contributed by atoms with Gasteiger partial charge in [-0.25, -0.2) is 9.59 Å². The Balaban J connectivity index is 0.000000381. The topological polar surface area (TPSA) is 115 Å². The van der Waals surface area contributed by atoms with Crippen molar-refractivity contribution in [1.82, 2.24) is 9.80 Å². The molecule has 0 bridgehead atoms. The standard InChI is InChI=1S/2C14H20NO3S.2CH4/c2*1-7(2)5-9-12(16)15-11(14(17)18)10(8(3)4)6-19-13(9)15;;/h2*7-9,13H,3,5-6H2,1-2,4H3,(H,17,18);2*1H4/q2*-1;;/t8?,9-,13+;8?,9-,13-;;/m01../s1. The minimum atomic E-state index is -1.01. The van der Waals surface area contributed by atoms with Gasteiger partial charge in [0.2, 0.25) is 11.8 Å². The second-order valence-electron chi connectivity index (χ2n) is 11.5. The minimum Gasteiger partial charge on any atom is -0.477 e. The Morgan fingerprint density at radius 1 is 0.750 bits per heavy atom. The molecule has 4 aliphatic heterocycles. The Bertz CT molecular complexity index is 967. The molecular weight excluding hydrogens is 548 g/mol. The highest BCUT2D eigenvalue weighted by molar-refractivity contribution is 8.00. The van der Waals surface area contributed by atoms with E-state index in [0.29, 0.717) is 23.3 Å². The van der Waals surface area contributed by atoms with Crippen LogP contribution in [0.2, 0.25) is 0 Å². The van der Waals surface area contributed by atoms with Crippen molar-refractivity contribution in [2.75, 3.05) is 11.5 Å². The molecule has 0 aromatic heterocycles. The van der Waals surface area contributed by atoms with Crippen LogP contribution in [-0.2, 0) is 19.2 Å². The number of carbonyl (C=O) groups excluding carboxylic acids is 2. The molecule has 0 radical (unpaired) electrons. The lowest BCUT2D eigenvalue weighted by atomic mass is 9.87. The number of aliphatic carboxylic acids is 2. The van der Waals surface area contributed by atoms with Crippen molar-refractivity contribution in [2.24, 2.45) is 35.5 Å². The highest BCUT2D eigenvalue weighted by atomic mass is 32.2. The molecule has 0 spiro atoms. The Kier molecular flexibility index (Phi) is 12.9. The molecule has 40 heavy (non-hydrogen) atoms. The Morgan fingerprint density at radius 2 is 1.05 bits per heavy atom. The largest absolute Gasteiger partial charge is 0.477 e. The zero-order chi connectivity index (χ0) is 28.6. The normalized spacial score (nSPS) is 26.9. The summed E-state index contributed by atoms with van der Waals surface area (Å²) in [5.74, 6) is -0.105. The maximum atomic E-state index is 12.2. The first-order chi connectivity index (χ1) is 17.7. The SMILES string of the molecule is C.C.[CH2-]C(C)C1=C(C(=O)O)N2C(=O)[C@@H](CC(C)C)[C@H]2SC1.[CH2-]C(C)C1=C(C(=O)O)N2C(=O)[C@H](CC(C)C)[C@H]2SC1. The van der Waals surface area contributed by atoms with Gasteiger partial charge in [-0.1, -0.05) is 67.5 Å². The van der Waals surface area contributed by atoms with E-state index in [1.54, 1.807) is 23.5 Å². The molecule has 2 N–H and O–H groups in total. The number of nitrogens with zero attached hydrogens (tertiary/aromatic N) is 2. The number of rotatable bonds is 8. The molecule has 0 aliphatic carbocycles. The second kappa shape index (κ2) is 14.3. The summed E-state index contributed by atoms with van der Waals surface area (Å²) in [6.45, 7) is 19.9.